The number of rotatable bonds is 4. The molecule has 88 valence electrons. The predicted molar refractivity (Wildman–Crippen MR) is 66.7 cm³/mol. The maximum atomic E-state index is 5.24. The van der Waals surface area contributed by atoms with Gasteiger partial charge in [0.05, 0.1) is 7.11 Å². The first-order chi connectivity index (χ1) is 7.69. The molecule has 1 aromatic rings. The summed E-state index contributed by atoms with van der Waals surface area (Å²) in [6, 6.07) is 9.42. The van der Waals surface area contributed by atoms with Crippen molar-refractivity contribution < 1.29 is 4.74 Å². The molecule has 16 heavy (non-hydrogen) atoms. The predicted octanol–water partition coefficient (Wildman–Crippen LogP) is 3.14. The van der Waals surface area contributed by atoms with Crippen LogP contribution >= 0.6 is 0 Å². The second-order valence-corrected chi connectivity index (χ2v) is 4.94. The highest BCUT2D eigenvalue weighted by molar-refractivity contribution is 5.30. The fourth-order valence-corrected chi connectivity index (χ4v) is 2.40. The smallest absolute Gasteiger partial charge is 0.119 e. The van der Waals surface area contributed by atoms with Gasteiger partial charge in [-0.1, -0.05) is 19.1 Å². The molecule has 0 spiro atoms. The Kier molecular flexibility index (Phi) is 3.49. The Morgan fingerprint density at radius 2 is 2.12 bits per heavy atom. The van der Waals surface area contributed by atoms with Crippen LogP contribution in [0.4, 0.5) is 0 Å². The van der Waals surface area contributed by atoms with Crippen molar-refractivity contribution in [2.45, 2.75) is 38.8 Å². The number of hydrogen-bond donors (Lipinski definition) is 1. The highest BCUT2D eigenvalue weighted by Gasteiger charge is 2.26. The summed E-state index contributed by atoms with van der Waals surface area (Å²) < 4.78 is 5.24. The third-order valence-corrected chi connectivity index (χ3v) is 3.45. The van der Waals surface area contributed by atoms with Gasteiger partial charge in [-0.15, -0.1) is 0 Å². The van der Waals surface area contributed by atoms with E-state index in [2.05, 4.69) is 37.4 Å². The van der Waals surface area contributed by atoms with Crippen molar-refractivity contribution in [2.75, 3.05) is 7.11 Å². The van der Waals surface area contributed by atoms with E-state index in [4.69, 9.17) is 4.74 Å². The number of ether oxygens (including phenoxy) is 1. The highest BCUT2D eigenvalue weighted by atomic mass is 16.5. The van der Waals surface area contributed by atoms with E-state index >= 15 is 0 Å². The fraction of sp³-hybridized carbons (Fsp3) is 0.571. The Bertz CT molecular complexity index is 344. The van der Waals surface area contributed by atoms with Gasteiger partial charge in [-0.3, -0.25) is 0 Å². The molecule has 1 aliphatic carbocycles. The molecule has 1 N–H and O–H groups in total. The van der Waals surface area contributed by atoms with Crippen LogP contribution in [0.2, 0.25) is 0 Å². The lowest BCUT2D eigenvalue weighted by molar-refractivity contribution is 0.226. The van der Waals surface area contributed by atoms with Gasteiger partial charge in [0.2, 0.25) is 0 Å². The number of nitrogens with one attached hydrogen (secondary N) is 1. The third kappa shape index (κ3) is 2.56. The summed E-state index contributed by atoms with van der Waals surface area (Å²) in [5.41, 5.74) is 1.30. The van der Waals surface area contributed by atoms with Crippen molar-refractivity contribution in [2.24, 2.45) is 5.92 Å². The van der Waals surface area contributed by atoms with Gasteiger partial charge in [0, 0.05) is 12.1 Å². The van der Waals surface area contributed by atoms with Gasteiger partial charge in [0.25, 0.3) is 0 Å². The van der Waals surface area contributed by atoms with Crippen LogP contribution in [0.1, 0.15) is 38.3 Å². The van der Waals surface area contributed by atoms with E-state index in [1.54, 1.807) is 7.11 Å². The number of hydrogen-bond acceptors (Lipinski definition) is 2. The van der Waals surface area contributed by atoms with Crippen LogP contribution < -0.4 is 10.1 Å². The van der Waals surface area contributed by atoms with Crippen molar-refractivity contribution in [1.82, 2.24) is 5.32 Å². The molecule has 1 aliphatic rings. The molecule has 1 fully saturated rings. The third-order valence-electron chi connectivity index (χ3n) is 3.45. The fourth-order valence-electron chi connectivity index (χ4n) is 2.40. The molecule has 0 aliphatic heterocycles. The SMILES string of the molecule is COc1cccc(C(C)NC2CC(C)C2)c1. The lowest BCUT2D eigenvalue weighted by Crippen LogP contribution is -2.41. The lowest BCUT2D eigenvalue weighted by Gasteiger charge is -2.35. The summed E-state index contributed by atoms with van der Waals surface area (Å²) in [4.78, 5) is 0. The van der Waals surface area contributed by atoms with Crippen molar-refractivity contribution >= 4 is 0 Å². The molecule has 2 rings (SSSR count). The van der Waals surface area contributed by atoms with Crippen LogP contribution in [0.15, 0.2) is 24.3 Å². The average Bonchev–Trinajstić information content (AvgIpc) is 2.27. The van der Waals surface area contributed by atoms with Gasteiger partial charge < -0.3 is 10.1 Å². The van der Waals surface area contributed by atoms with Gasteiger partial charge in [-0.25, -0.2) is 0 Å². The van der Waals surface area contributed by atoms with E-state index in [-0.39, 0.29) is 0 Å². The first kappa shape index (κ1) is 11.5. The first-order valence-electron chi connectivity index (χ1n) is 6.09. The van der Waals surface area contributed by atoms with Crippen LogP contribution in [0.5, 0.6) is 5.75 Å². The Hall–Kier alpha value is -1.02. The van der Waals surface area contributed by atoms with Crippen molar-refractivity contribution in [3.8, 4) is 5.75 Å². The van der Waals surface area contributed by atoms with Crippen LogP contribution in [-0.4, -0.2) is 13.2 Å². The molecule has 0 bridgehead atoms. The van der Waals surface area contributed by atoms with Crippen molar-refractivity contribution in [3.05, 3.63) is 29.8 Å². The molecule has 1 unspecified atom stereocenters. The zero-order valence-corrected chi connectivity index (χ0v) is 10.4. The molecule has 1 saturated carbocycles. The quantitative estimate of drug-likeness (QED) is 0.840. The molecular formula is C14H21NO. The van der Waals surface area contributed by atoms with Gasteiger partial charge in [-0.2, -0.15) is 0 Å². The molecule has 2 nitrogen and oxygen atoms in total. The maximum absolute atomic E-state index is 5.24. The summed E-state index contributed by atoms with van der Waals surface area (Å²) in [7, 11) is 1.71. The molecular weight excluding hydrogens is 198 g/mol. The van der Waals surface area contributed by atoms with Crippen LogP contribution in [0, 0.1) is 5.92 Å². The van der Waals surface area contributed by atoms with Gasteiger partial charge >= 0.3 is 0 Å². The van der Waals surface area contributed by atoms with E-state index in [1.807, 2.05) is 6.07 Å². The van der Waals surface area contributed by atoms with E-state index < -0.39 is 0 Å². The normalized spacial score (nSPS) is 25.9. The van der Waals surface area contributed by atoms with Crippen LogP contribution in [0.25, 0.3) is 0 Å². The van der Waals surface area contributed by atoms with Crippen molar-refractivity contribution in [1.29, 1.82) is 0 Å². The second kappa shape index (κ2) is 4.88. The van der Waals surface area contributed by atoms with Crippen LogP contribution in [-0.2, 0) is 0 Å². The summed E-state index contributed by atoms with van der Waals surface area (Å²) in [6.45, 7) is 4.53. The number of methoxy groups -OCH3 is 1. The van der Waals surface area contributed by atoms with Crippen LogP contribution in [0.3, 0.4) is 0 Å². The van der Waals surface area contributed by atoms with Gasteiger partial charge in [0.1, 0.15) is 5.75 Å². The summed E-state index contributed by atoms with van der Waals surface area (Å²) in [5.74, 6) is 1.84. The van der Waals surface area contributed by atoms with E-state index in [9.17, 15) is 0 Å². The molecule has 0 radical (unpaired) electrons. The Balaban J connectivity index is 1.94. The summed E-state index contributed by atoms with van der Waals surface area (Å²) >= 11 is 0. The van der Waals surface area contributed by atoms with E-state index in [1.165, 1.54) is 18.4 Å². The minimum atomic E-state index is 0.410. The molecule has 0 heterocycles. The van der Waals surface area contributed by atoms with Gasteiger partial charge in [0.15, 0.2) is 0 Å². The summed E-state index contributed by atoms with van der Waals surface area (Å²) in [5, 5.41) is 3.66. The Morgan fingerprint density at radius 1 is 1.38 bits per heavy atom. The molecule has 1 atom stereocenters. The molecule has 1 aromatic carbocycles. The molecule has 2 heteroatoms. The van der Waals surface area contributed by atoms with Crippen molar-refractivity contribution in [3.63, 3.8) is 0 Å². The summed E-state index contributed by atoms with van der Waals surface area (Å²) in [6.07, 6.45) is 2.63. The molecule has 0 aromatic heterocycles. The maximum Gasteiger partial charge on any atom is 0.119 e. The minimum absolute atomic E-state index is 0.410. The lowest BCUT2D eigenvalue weighted by atomic mass is 9.81. The highest BCUT2D eigenvalue weighted by Crippen LogP contribution is 2.29. The Labute approximate surface area is 98.0 Å². The second-order valence-electron chi connectivity index (χ2n) is 4.94. The zero-order chi connectivity index (χ0) is 11.5. The average molecular weight is 219 g/mol. The topological polar surface area (TPSA) is 21.3 Å². The standard InChI is InChI=1S/C14H21NO/c1-10-7-13(8-10)15-11(2)12-5-4-6-14(9-12)16-3/h4-6,9-11,13,15H,7-8H2,1-3H3. The zero-order valence-electron chi connectivity index (χ0n) is 10.4. The van der Waals surface area contributed by atoms with Gasteiger partial charge in [-0.05, 0) is 43.4 Å². The monoisotopic (exact) mass is 219 g/mol. The number of benzene rings is 1. The molecule has 0 saturated heterocycles. The Morgan fingerprint density at radius 3 is 2.75 bits per heavy atom. The van der Waals surface area contributed by atoms with E-state index in [0.717, 1.165) is 11.7 Å². The minimum Gasteiger partial charge on any atom is -0.497 e. The largest absolute Gasteiger partial charge is 0.497 e. The molecule has 0 amide bonds. The first-order valence-corrected chi connectivity index (χ1v) is 6.09. The van der Waals surface area contributed by atoms with E-state index in [0.29, 0.717) is 12.1 Å².